The van der Waals surface area contributed by atoms with Gasteiger partial charge in [-0.15, -0.1) is 0 Å². The predicted octanol–water partition coefficient (Wildman–Crippen LogP) is 7.08. The molecule has 1 N–H and O–H groups in total. The van der Waals surface area contributed by atoms with Crippen LogP contribution in [0, 0.1) is 17.3 Å². The number of ketones is 1. The van der Waals surface area contributed by atoms with E-state index in [-0.39, 0.29) is 57.5 Å². The molecule has 0 saturated heterocycles. The molecule has 1 aliphatic rings. The summed E-state index contributed by atoms with van der Waals surface area (Å²) in [6.07, 6.45) is -1.81. The van der Waals surface area contributed by atoms with Crippen molar-refractivity contribution in [2.45, 2.75) is 79.1 Å². The van der Waals surface area contributed by atoms with E-state index in [0.717, 1.165) is 45.6 Å². The standard InChI is InChI=1S/C27H33ClF5N3O3/c1-5-36-23(19-11-8-17(12-20(19)39-25(29)30)13-26(3,4)27(31,32)33)21(28)22(35-36)24(38)34-14-16-6-9-18(10-7-16)15(2)37/h8,11-12,16,18,25H,5-7,9-10,13-14H2,1-4H3,(H,34,38). The second kappa shape index (κ2) is 12.2. The topological polar surface area (TPSA) is 73.2 Å². The Kier molecular flexibility index (Phi) is 9.67. The number of ether oxygens (including phenoxy) is 1. The van der Waals surface area contributed by atoms with Crippen molar-refractivity contribution < 1.29 is 36.3 Å². The summed E-state index contributed by atoms with van der Waals surface area (Å²) in [4.78, 5) is 24.6. The first kappa shape index (κ1) is 30.8. The number of aromatic nitrogens is 2. The van der Waals surface area contributed by atoms with Gasteiger partial charge in [0, 0.05) is 24.6 Å². The normalized spacial score (nSPS) is 18.3. The third-order valence-electron chi connectivity index (χ3n) is 7.31. The van der Waals surface area contributed by atoms with Crippen molar-refractivity contribution in [2.24, 2.45) is 17.3 Å². The first-order valence-electron chi connectivity index (χ1n) is 12.8. The van der Waals surface area contributed by atoms with Crippen LogP contribution in [0.4, 0.5) is 22.0 Å². The molecule has 0 atom stereocenters. The largest absolute Gasteiger partial charge is 0.434 e. The Labute approximate surface area is 229 Å². The lowest BCUT2D eigenvalue weighted by molar-refractivity contribution is -0.211. The van der Waals surface area contributed by atoms with E-state index in [1.807, 2.05) is 0 Å². The lowest BCUT2D eigenvalue weighted by Gasteiger charge is -2.28. The van der Waals surface area contributed by atoms with Gasteiger partial charge in [0.1, 0.15) is 11.5 Å². The molecule has 39 heavy (non-hydrogen) atoms. The molecule has 2 aromatic rings. The van der Waals surface area contributed by atoms with Gasteiger partial charge in [-0.2, -0.15) is 27.1 Å². The number of alkyl halides is 5. The highest BCUT2D eigenvalue weighted by molar-refractivity contribution is 6.36. The highest BCUT2D eigenvalue weighted by Crippen LogP contribution is 2.43. The molecular weight excluding hydrogens is 545 g/mol. The molecule has 1 aliphatic carbocycles. The smallest absolute Gasteiger partial charge is 0.394 e. The van der Waals surface area contributed by atoms with Gasteiger partial charge in [0.15, 0.2) is 5.69 Å². The number of rotatable bonds is 10. The number of benzene rings is 1. The zero-order chi connectivity index (χ0) is 29.1. The third-order valence-corrected chi connectivity index (χ3v) is 7.67. The minimum absolute atomic E-state index is 0.0600. The van der Waals surface area contributed by atoms with Crippen LogP contribution in [-0.2, 0) is 17.8 Å². The number of hydrogen-bond acceptors (Lipinski definition) is 4. The average Bonchev–Trinajstić information content (AvgIpc) is 3.17. The maximum absolute atomic E-state index is 13.4. The molecule has 1 heterocycles. The molecule has 0 spiro atoms. The highest BCUT2D eigenvalue weighted by atomic mass is 35.5. The van der Waals surface area contributed by atoms with Gasteiger partial charge >= 0.3 is 12.8 Å². The number of nitrogens with zero attached hydrogens (tertiary/aromatic N) is 2. The number of nitrogens with one attached hydrogen (secondary N) is 1. The van der Waals surface area contributed by atoms with Crippen molar-refractivity contribution in [1.29, 1.82) is 0 Å². The van der Waals surface area contributed by atoms with Gasteiger partial charge in [0.05, 0.1) is 16.1 Å². The van der Waals surface area contributed by atoms with E-state index in [9.17, 15) is 31.5 Å². The second-order valence-corrected chi connectivity index (χ2v) is 11.0. The summed E-state index contributed by atoms with van der Waals surface area (Å²) >= 11 is 6.55. The number of hydrogen-bond donors (Lipinski definition) is 1. The van der Waals surface area contributed by atoms with E-state index < -0.39 is 30.5 Å². The molecule has 1 amide bonds. The molecule has 216 valence electrons. The SMILES string of the molecule is CCn1nc(C(=O)NCC2CCC(C(C)=O)CC2)c(Cl)c1-c1ccc(CC(C)(C)C(F)(F)F)cc1OC(F)F. The summed E-state index contributed by atoms with van der Waals surface area (Å²) in [6, 6.07) is 3.88. The fourth-order valence-corrected chi connectivity index (χ4v) is 5.16. The Morgan fingerprint density at radius 1 is 1.18 bits per heavy atom. The van der Waals surface area contributed by atoms with Crippen LogP contribution in [0.5, 0.6) is 5.75 Å². The molecule has 6 nitrogen and oxygen atoms in total. The van der Waals surface area contributed by atoms with E-state index in [4.69, 9.17) is 11.6 Å². The summed E-state index contributed by atoms with van der Waals surface area (Å²) in [7, 11) is 0. The van der Waals surface area contributed by atoms with Gasteiger partial charge in [-0.25, -0.2) is 0 Å². The Morgan fingerprint density at radius 3 is 2.36 bits per heavy atom. The molecule has 12 heteroatoms. The number of halogens is 6. The molecule has 1 fully saturated rings. The lowest BCUT2D eigenvalue weighted by Crippen LogP contribution is -2.34. The maximum atomic E-state index is 13.4. The van der Waals surface area contributed by atoms with Crippen molar-refractivity contribution in [3.8, 4) is 17.0 Å². The zero-order valence-electron chi connectivity index (χ0n) is 22.3. The van der Waals surface area contributed by atoms with Crippen molar-refractivity contribution in [3.63, 3.8) is 0 Å². The van der Waals surface area contributed by atoms with E-state index in [0.29, 0.717) is 6.54 Å². The Morgan fingerprint density at radius 2 is 1.82 bits per heavy atom. The number of carbonyl (C=O) groups excluding carboxylic acids is 2. The molecule has 0 bridgehead atoms. The Balaban J connectivity index is 1.87. The van der Waals surface area contributed by atoms with Gasteiger partial charge in [-0.3, -0.25) is 14.3 Å². The lowest BCUT2D eigenvalue weighted by atomic mass is 9.80. The van der Waals surface area contributed by atoms with Crippen molar-refractivity contribution in [1.82, 2.24) is 15.1 Å². The van der Waals surface area contributed by atoms with Crippen LogP contribution in [0.15, 0.2) is 18.2 Å². The van der Waals surface area contributed by atoms with Gasteiger partial charge in [-0.1, -0.05) is 31.5 Å². The van der Waals surface area contributed by atoms with E-state index >= 15 is 0 Å². The number of carbonyl (C=O) groups is 2. The fraction of sp³-hybridized carbons (Fsp3) is 0.593. The maximum Gasteiger partial charge on any atom is 0.394 e. The van der Waals surface area contributed by atoms with Crippen LogP contribution in [-0.4, -0.2) is 40.8 Å². The molecule has 1 aromatic heterocycles. The molecule has 0 unspecified atom stereocenters. The van der Waals surface area contributed by atoms with E-state index in [2.05, 4.69) is 15.2 Å². The minimum Gasteiger partial charge on any atom is -0.434 e. The molecule has 1 aromatic carbocycles. The number of amides is 1. The van der Waals surface area contributed by atoms with Crippen LogP contribution in [0.3, 0.4) is 0 Å². The van der Waals surface area contributed by atoms with Gasteiger partial charge in [0.2, 0.25) is 0 Å². The minimum atomic E-state index is -4.51. The predicted molar refractivity (Wildman–Crippen MR) is 137 cm³/mol. The summed E-state index contributed by atoms with van der Waals surface area (Å²) in [5, 5.41) is 7.01. The van der Waals surface area contributed by atoms with Crippen LogP contribution >= 0.6 is 11.6 Å². The van der Waals surface area contributed by atoms with E-state index in [1.54, 1.807) is 13.8 Å². The first-order valence-corrected chi connectivity index (χ1v) is 13.2. The summed E-state index contributed by atoms with van der Waals surface area (Å²) in [6.45, 7) is 2.72. The summed E-state index contributed by atoms with van der Waals surface area (Å²) in [5.41, 5.74) is -1.84. The van der Waals surface area contributed by atoms with Gasteiger partial charge < -0.3 is 10.1 Å². The summed E-state index contributed by atoms with van der Waals surface area (Å²) < 4.78 is 72.8. The van der Waals surface area contributed by atoms with E-state index in [1.165, 1.54) is 16.8 Å². The Bertz CT molecular complexity index is 1190. The molecule has 0 aliphatic heterocycles. The van der Waals surface area contributed by atoms with Crippen LogP contribution < -0.4 is 10.1 Å². The van der Waals surface area contributed by atoms with Gasteiger partial charge in [-0.05, 0) is 69.6 Å². The number of Topliss-reactive ketones (excluding diaryl/α,β-unsaturated/α-hetero) is 1. The van der Waals surface area contributed by atoms with Crippen molar-refractivity contribution >= 4 is 23.3 Å². The van der Waals surface area contributed by atoms with Crippen LogP contribution in [0.1, 0.15) is 69.4 Å². The average molecular weight is 578 g/mol. The van der Waals surface area contributed by atoms with Crippen LogP contribution in [0.2, 0.25) is 5.02 Å². The molecular formula is C27H33ClF5N3O3. The van der Waals surface area contributed by atoms with Crippen molar-refractivity contribution in [3.05, 3.63) is 34.5 Å². The molecule has 0 radical (unpaired) electrons. The zero-order valence-corrected chi connectivity index (χ0v) is 23.1. The monoisotopic (exact) mass is 577 g/mol. The number of aryl methyl sites for hydroxylation is 1. The highest BCUT2D eigenvalue weighted by Gasteiger charge is 2.47. The molecule has 1 saturated carbocycles. The summed E-state index contributed by atoms with van der Waals surface area (Å²) in [5.74, 6) is -0.470. The third kappa shape index (κ3) is 7.29. The second-order valence-electron chi connectivity index (χ2n) is 10.6. The Hall–Kier alpha value is -2.69. The molecule has 3 rings (SSSR count). The first-order chi connectivity index (χ1) is 18.1. The van der Waals surface area contributed by atoms with Crippen LogP contribution in [0.25, 0.3) is 11.3 Å². The fourth-order valence-electron chi connectivity index (χ4n) is 4.84. The van der Waals surface area contributed by atoms with Gasteiger partial charge in [0.25, 0.3) is 5.91 Å². The van der Waals surface area contributed by atoms with Crippen molar-refractivity contribution in [2.75, 3.05) is 6.54 Å². The quantitative estimate of drug-likeness (QED) is 0.306.